The van der Waals surface area contributed by atoms with Gasteiger partial charge >= 0.3 is 0 Å². The molecule has 5 nitrogen and oxygen atoms in total. The first-order valence-corrected chi connectivity index (χ1v) is 10.9. The minimum Gasteiger partial charge on any atom is -0.340 e. The molecule has 1 aliphatic heterocycles. The van der Waals surface area contributed by atoms with Crippen molar-refractivity contribution in [3.8, 4) is 11.3 Å². The second kappa shape index (κ2) is 7.17. The van der Waals surface area contributed by atoms with Crippen LogP contribution in [0.3, 0.4) is 0 Å². The number of benzene rings is 1. The maximum atomic E-state index is 13.6. The summed E-state index contributed by atoms with van der Waals surface area (Å²) in [6.45, 7) is 1.53. The molecule has 144 valence electrons. The Hall–Kier alpha value is -2.47. The lowest BCUT2D eigenvalue weighted by atomic mass is 9.83. The maximum Gasteiger partial charge on any atom is 0.234 e. The van der Waals surface area contributed by atoms with Crippen LogP contribution in [0.4, 0.5) is 0 Å². The molecule has 1 aliphatic carbocycles. The number of rotatable bonds is 4. The fourth-order valence-electron chi connectivity index (χ4n) is 4.74. The number of amides is 1. The highest BCUT2D eigenvalue weighted by Gasteiger charge is 2.47. The number of aromatic nitrogens is 3. The van der Waals surface area contributed by atoms with E-state index in [1.807, 2.05) is 41.2 Å². The minimum atomic E-state index is -0.291. The van der Waals surface area contributed by atoms with Crippen molar-refractivity contribution in [1.82, 2.24) is 19.9 Å². The van der Waals surface area contributed by atoms with Crippen molar-refractivity contribution in [2.75, 3.05) is 13.1 Å². The van der Waals surface area contributed by atoms with Crippen molar-refractivity contribution in [3.05, 3.63) is 58.9 Å². The zero-order chi connectivity index (χ0) is 19.0. The summed E-state index contributed by atoms with van der Waals surface area (Å²) in [6, 6.07) is 14.5. The Bertz CT molecular complexity index is 944. The predicted molar refractivity (Wildman–Crippen MR) is 110 cm³/mol. The molecule has 3 aromatic rings. The third-order valence-electron chi connectivity index (χ3n) is 6.26. The molecule has 6 heteroatoms. The second-order valence-electron chi connectivity index (χ2n) is 7.91. The van der Waals surface area contributed by atoms with Gasteiger partial charge in [-0.2, -0.15) is 0 Å². The lowest BCUT2D eigenvalue weighted by Crippen LogP contribution is -2.44. The quantitative estimate of drug-likeness (QED) is 0.665. The Morgan fingerprint density at radius 1 is 1.11 bits per heavy atom. The number of hydrogen-bond acceptors (Lipinski definition) is 4. The zero-order valence-electron chi connectivity index (χ0n) is 15.8. The number of likely N-dealkylation sites (tertiary alicyclic amines) is 1. The number of carbonyl (C=O) groups excluding carboxylic acids is 1. The molecule has 0 N–H and O–H groups in total. The SMILES string of the molecule is O=C(N1CCC(n2cc(-c3ccccc3)nn2)C1)C1(c2cccs2)CCCC1. The monoisotopic (exact) mass is 392 g/mol. The zero-order valence-corrected chi connectivity index (χ0v) is 16.6. The van der Waals surface area contributed by atoms with Crippen molar-refractivity contribution < 1.29 is 4.79 Å². The van der Waals surface area contributed by atoms with Gasteiger partial charge in [0.15, 0.2) is 0 Å². The summed E-state index contributed by atoms with van der Waals surface area (Å²) < 4.78 is 1.95. The molecule has 1 aromatic carbocycles. The number of thiophene rings is 1. The van der Waals surface area contributed by atoms with E-state index in [0.717, 1.165) is 56.5 Å². The van der Waals surface area contributed by atoms with E-state index in [4.69, 9.17) is 0 Å². The van der Waals surface area contributed by atoms with Gasteiger partial charge in [-0.1, -0.05) is 54.5 Å². The van der Waals surface area contributed by atoms with Gasteiger partial charge < -0.3 is 4.90 Å². The van der Waals surface area contributed by atoms with Gasteiger partial charge in [0.1, 0.15) is 5.69 Å². The highest BCUT2D eigenvalue weighted by atomic mass is 32.1. The van der Waals surface area contributed by atoms with E-state index in [1.54, 1.807) is 11.3 Å². The summed E-state index contributed by atoms with van der Waals surface area (Å²) in [5.74, 6) is 0.318. The molecule has 0 spiro atoms. The van der Waals surface area contributed by atoms with E-state index in [1.165, 1.54) is 4.88 Å². The number of hydrogen-bond donors (Lipinski definition) is 0. The van der Waals surface area contributed by atoms with Crippen LogP contribution < -0.4 is 0 Å². The molecule has 28 heavy (non-hydrogen) atoms. The molecule has 0 radical (unpaired) electrons. The van der Waals surface area contributed by atoms with Crippen molar-refractivity contribution in [2.45, 2.75) is 43.6 Å². The molecular weight excluding hydrogens is 368 g/mol. The van der Waals surface area contributed by atoms with Crippen LogP contribution >= 0.6 is 11.3 Å². The standard InChI is InChI=1S/C22H24N4OS/c27-21(22(11-4-5-12-22)20-9-6-14-28-20)25-13-10-18(15-25)26-16-19(23-24-26)17-7-2-1-3-8-17/h1-3,6-9,14,16,18H,4-5,10-13,15H2. The fraction of sp³-hybridized carbons (Fsp3) is 0.409. The largest absolute Gasteiger partial charge is 0.340 e. The van der Waals surface area contributed by atoms with E-state index in [0.29, 0.717) is 5.91 Å². The molecule has 2 aliphatic rings. The molecular formula is C22H24N4OS. The van der Waals surface area contributed by atoms with Crippen molar-refractivity contribution in [3.63, 3.8) is 0 Å². The third-order valence-corrected chi connectivity index (χ3v) is 7.34. The Morgan fingerprint density at radius 3 is 2.68 bits per heavy atom. The smallest absolute Gasteiger partial charge is 0.234 e. The molecule has 1 saturated heterocycles. The third kappa shape index (κ3) is 2.96. The number of nitrogens with zero attached hydrogens (tertiary/aromatic N) is 4. The van der Waals surface area contributed by atoms with Crippen LogP contribution in [0.1, 0.15) is 43.0 Å². The van der Waals surface area contributed by atoms with Gasteiger partial charge in [-0.15, -0.1) is 16.4 Å². The fourth-order valence-corrected chi connectivity index (χ4v) is 5.71. The average molecular weight is 393 g/mol. The second-order valence-corrected chi connectivity index (χ2v) is 8.86. The molecule has 0 bridgehead atoms. The van der Waals surface area contributed by atoms with Gasteiger partial charge in [0.05, 0.1) is 17.7 Å². The first-order chi connectivity index (χ1) is 13.8. The van der Waals surface area contributed by atoms with Crippen molar-refractivity contribution >= 4 is 17.2 Å². The highest BCUT2D eigenvalue weighted by molar-refractivity contribution is 7.10. The molecule has 3 heterocycles. The van der Waals surface area contributed by atoms with Gasteiger partial charge in [0.2, 0.25) is 5.91 Å². The summed E-state index contributed by atoms with van der Waals surface area (Å²) in [7, 11) is 0. The average Bonchev–Trinajstić information content (AvgIpc) is 3.54. The number of carbonyl (C=O) groups is 1. The summed E-state index contributed by atoms with van der Waals surface area (Å²) in [6.07, 6.45) is 7.20. The van der Waals surface area contributed by atoms with E-state index >= 15 is 0 Å². The summed E-state index contributed by atoms with van der Waals surface area (Å²) in [5, 5.41) is 10.8. The van der Waals surface area contributed by atoms with Crippen LogP contribution in [0.15, 0.2) is 54.0 Å². The minimum absolute atomic E-state index is 0.204. The van der Waals surface area contributed by atoms with Gasteiger partial charge in [0.25, 0.3) is 0 Å². The molecule has 1 amide bonds. The maximum absolute atomic E-state index is 13.6. The van der Waals surface area contributed by atoms with E-state index in [2.05, 4.69) is 32.7 Å². The normalized spacial score (nSPS) is 21.3. The van der Waals surface area contributed by atoms with E-state index in [-0.39, 0.29) is 11.5 Å². The van der Waals surface area contributed by atoms with Crippen LogP contribution in [-0.2, 0) is 10.2 Å². The molecule has 2 aromatic heterocycles. The molecule has 1 unspecified atom stereocenters. The van der Waals surface area contributed by atoms with Crippen molar-refractivity contribution in [1.29, 1.82) is 0 Å². The summed E-state index contributed by atoms with van der Waals surface area (Å²) >= 11 is 1.73. The summed E-state index contributed by atoms with van der Waals surface area (Å²) in [4.78, 5) is 16.9. The molecule has 1 saturated carbocycles. The lowest BCUT2D eigenvalue weighted by Gasteiger charge is -2.31. The van der Waals surface area contributed by atoms with Gasteiger partial charge in [-0.25, -0.2) is 4.68 Å². The van der Waals surface area contributed by atoms with Crippen LogP contribution in [0.2, 0.25) is 0 Å². The predicted octanol–water partition coefficient (Wildman–Crippen LogP) is 4.29. The van der Waals surface area contributed by atoms with Crippen LogP contribution in [0.5, 0.6) is 0 Å². The Kier molecular flexibility index (Phi) is 4.51. The van der Waals surface area contributed by atoms with Gasteiger partial charge in [-0.3, -0.25) is 4.79 Å². The van der Waals surface area contributed by atoms with Crippen LogP contribution in [0, 0.1) is 0 Å². The van der Waals surface area contributed by atoms with Gasteiger partial charge in [0, 0.05) is 23.5 Å². The van der Waals surface area contributed by atoms with Crippen LogP contribution in [-0.4, -0.2) is 38.9 Å². The first kappa shape index (κ1) is 17.6. The van der Waals surface area contributed by atoms with E-state index < -0.39 is 0 Å². The highest BCUT2D eigenvalue weighted by Crippen LogP contribution is 2.45. The molecule has 5 rings (SSSR count). The topological polar surface area (TPSA) is 51.0 Å². The Balaban J connectivity index is 1.33. The molecule has 2 fully saturated rings. The Morgan fingerprint density at radius 2 is 1.93 bits per heavy atom. The van der Waals surface area contributed by atoms with Crippen molar-refractivity contribution in [2.24, 2.45) is 0 Å². The first-order valence-electron chi connectivity index (χ1n) is 10.1. The lowest BCUT2D eigenvalue weighted by molar-refractivity contribution is -0.136. The Labute approximate surface area is 169 Å². The van der Waals surface area contributed by atoms with Gasteiger partial charge in [-0.05, 0) is 30.7 Å². The van der Waals surface area contributed by atoms with Crippen LogP contribution in [0.25, 0.3) is 11.3 Å². The molecule has 1 atom stereocenters. The summed E-state index contributed by atoms with van der Waals surface area (Å²) in [5.41, 5.74) is 1.67. The van der Waals surface area contributed by atoms with E-state index in [9.17, 15) is 4.79 Å².